The van der Waals surface area contributed by atoms with Crippen molar-refractivity contribution in [1.82, 2.24) is 9.55 Å². The van der Waals surface area contributed by atoms with Crippen LogP contribution in [0.1, 0.15) is 0 Å². The van der Waals surface area contributed by atoms with Gasteiger partial charge >= 0.3 is 0 Å². The van der Waals surface area contributed by atoms with Gasteiger partial charge < -0.3 is 9.30 Å². The van der Waals surface area contributed by atoms with Gasteiger partial charge in [0.25, 0.3) is 0 Å². The first-order valence-corrected chi connectivity index (χ1v) is 4.94. The second kappa shape index (κ2) is 4.14. The molecule has 0 aliphatic carbocycles. The van der Waals surface area contributed by atoms with Crippen molar-refractivity contribution in [2.75, 3.05) is 7.11 Å². The topological polar surface area (TPSA) is 27.1 Å². The van der Waals surface area contributed by atoms with Gasteiger partial charge in [-0.05, 0) is 12.1 Å². The summed E-state index contributed by atoms with van der Waals surface area (Å²) in [4.78, 5) is 4.02. The molecule has 3 nitrogen and oxygen atoms in total. The molecule has 2 aromatic rings. The molecule has 83 valence electrons. The van der Waals surface area contributed by atoms with E-state index in [0.29, 0.717) is 17.1 Å². The zero-order valence-corrected chi connectivity index (χ0v) is 9.55. The number of methoxy groups -OCH3 is 1. The van der Waals surface area contributed by atoms with E-state index in [4.69, 9.17) is 16.3 Å². The lowest BCUT2D eigenvalue weighted by molar-refractivity contribution is 0.414. The molecule has 0 N–H and O–H groups in total. The van der Waals surface area contributed by atoms with Gasteiger partial charge in [-0.2, -0.15) is 0 Å². The Morgan fingerprint density at radius 3 is 2.81 bits per heavy atom. The zero-order valence-electron chi connectivity index (χ0n) is 8.79. The Balaban J connectivity index is 2.61. The normalized spacial score (nSPS) is 10.5. The highest BCUT2D eigenvalue weighted by Gasteiger charge is 2.13. The van der Waals surface area contributed by atoms with Crippen LogP contribution in [-0.4, -0.2) is 16.7 Å². The van der Waals surface area contributed by atoms with E-state index in [9.17, 15) is 4.39 Å². The van der Waals surface area contributed by atoms with Crippen molar-refractivity contribution < 1.29 is 9.13 Å². The molecule has 0 spiro atoms. The molecular formula is C11H9ClFN2O. The molecule has 0 amide bonds. The number of benzene rings is 1. The highest BCUT2D eigenvalue weighted by molar-refractivity contribution is 6.32. The van der Waals surface area contributed by atoms with Gasteiger partial charge in [-0.3, -0.25) is 0 Å². The Kier molecular flexibility index (Phi) is 2.83. The quantitative estimate of drug-likeness (QED) is 0.806. The van der Waals surface area contributed by atoms with Crippen molar-refractivity contribution in [1.29, 1.82) is 0 Å². The highest BCUT2D eigenvalue weighted by Crippen LogP contribution is 2.31. The number of aromatic nitrogens is 2. The van der Waals surface area contributed by atoms with Gasteiger partial charge in [-0.1, -0.05) is 11.6 Å². The van der Waals surface area contributed by atoms with E-state index < -0.39 is 5.82 Å². The van der Waals surface area contributed by atoms with Crippen LogP contribution in [0.5, 0.6) is 5.75 Å². The third-order valence-electron chi connectivity index (χ3n) is 2.24. The van der Waals surface area contributed by atoms with Gasteiger partial charge in [0.2, 0.25) is 0 Å². The highest BCUT2D eigenvalue weighted by atomic mass is 35.5. The Labute approximate surface area is 97.4 Å². The first-order valence-electron chi connectivity index (χ1n) is 4.56. The summed E-state index contributed by atoms with van der Waals surface area (Å²) in [6.45, 7) is 0. The van der Waals surface area contributed by atoms with Crippen LogP contribution in [0.4, 0.5) is 4.39 Å². The fraction of sp³-hybridized carbons (Fsp3) is 0.182. The summed E-state index contributed by atoms with van der Waals surface area (Å²) in [5.74, 6) is 0.460. The summed E-state index contributed by atoms with van der Waals surface area (Å²) in [7, 11) is 3.22. The van der Waals surface area contributed by atoms with Crippen LogP contribution in [0.3, 0.4) is 0 Å². The molecule has 1 radical (unpaired) electrons. The summed E-state index contributed by atoms with van der Waals surface area (Å²) >= 11 is 5.80. The summed E-state index contributed by atoms with van der Waals surface area (Å²) < 4.78 is 20.3. The lowest BCUT2D eigenvalue weighted by atomic mass is 10.2. The van der Waals surface area contributed by atoms with Gasteiger partial charge in [0.05, 0.1) is 30.1 Å². The van der Waals surface area contributed by atoms with E-state index in [1.807, 2.05) is 0 Å². The molecule has 5 heteroatoms. The first kappa shape index (κ1) is 11.0. The van der Waals surface area contributed by atoms with E-state index in [2.05, 4.69) is 11.2 Å². The molecule has 0 atom stereocenters. The fourth-order valence-electron chi connectivity index (χ4n) is 1.43. The lowest BCUT2D eigenvalue weighted by Gasteiger charge is -2.07. The Morgan fingerprint density at radius 2 is 2.25 bits per heavy atom. The molecule has 2 rings (SSSR count). The van der Waals surface area contributed by atoms with Crippen LogP contribution in [0, 0.1) is 12.0 Å². The maximum atomic E-state index is 13.7. The summed E-state index contributed by atoms with van der Waals surface area (Å²) in [5.41, 5.74) is 0.338. The van der Waals surface area contributed by atoms with E-state index in [1.165, 1.54) is 25.4 Å². The van der Waals surface area contributed by atoms with Crippen LogP contribution in [0.2, 0.25) is 5.02 Å². The fourth-order valence-corrected chi connectivity index (χ4v) is 1.66. The minimum absolute atomic E-state index is 0.238. The molecule has 0 bridgehead atoms. The molecule has 0 aliphatic heterocycles. The Hall–Kier alpha value is -1.55. The number of hydrogen-bond acceptors (Lipinski definition) is 2. The van der Waals surface area contributed by atoms with Crippen LogP contribution >= 0.6 is 11.6 Å². The number of ether oxygens (including phenoxy) is 1. The van der Waals surface area contributed by atoms with Crippen molar-refractivity contribution in [3.05, 3.63) is 35.4 Å². The predicted molar refractivity (Wildman–Crippen MR) is 59.0 cm³/mol. The van der Waals surface area contributed by atoms with Gasteiger partial charge in [-0.15, -0.1) is 0 Å². The van der Waals surface area contributed by atoms with E-state index >= 15 is 0 Å². The van der Waals surface area contributed by atoms with Crippen LogP contribution in [0.25, 0.3) is 11.4 Å². The predicted octanol–water partition coefficient (Wildman–Crippen LogP) is 2.69. The van der Waals surface area contributed by atoms with Gasteiger partial charge in [-0.25, -0.2) is 9.37 Å². The monoisotopic (exact) mass is 239 g/mol. The van der Waals surface area contributed by atoms with Gasteiger partial charge in [0.1, 0.15) is 17.4 Å². The second-order valence-electron chi connectivity index (χ2n) is 3.24. The molecule has 0 saturated heterocycles. The molecule has 0 aliphatic rings. The van der Waals surface area contributed by atoms with Crippen molar-refractivity contribution in [2.45, 2.75) is 0 Å². The SMILES string of the molecule is COc1cc(-c2nc[c]n2C)c(F)cc1Cl. The number of halogens is 2. The minimum Gasteiger partial charge on any atom is -0.495 e. The van der Waals surface area contributed by atoms with Gasteiger partial charge in [0.15, 0.2) is 0 Å². The van der Waals surface area contributed by atoms with E-state index in [-0.39, 0.29) is 5.02 Å². The number of rotatable bonds is 2. The maximum absolute atomic E-state index is 13.7. The van der Waals surface area contributed by atoms with Crippen molar-refractivity contribution in [3.8, 4) is 17.1 Å². The van der Waals surface area contributed by atoms with Crippen molar-refractivity contribution in [2.24, 2.45) is 7.05 Å². The maximum Gasteiger partial charge on any atom is 0.143 e. The molecule has 0 fully saturated rings. The largest absolute Gasteiger partial charge is 0.495 e. The molecule has 16 heavy (non-hydrogen) atoms. The summed E-state index contributed by atoms with van der Waals surface area (Å²) in [6.07, 6.45) is 4.29. The first-order chi connectivity index (χ1) is 7.63. The van der Waals surface area contributed by atoms with Crippen LogP contribution in [0.15, 0.2) is 18.3 Å². The zero-order chi connectivity index (χ0) is 11.7. The average Bonchev–Trinajstić information content (AvgIpc) is 2.65. The third kappa shape index (κ3) is 1.76. The summed E-state index contributed by atoms with van der Waals surface area (Å²) in [6, 6.07) is 2.73. The molecule has 0 unspecified atom stereocenters. The Bertz CT molecular complexity index is 525. The number of aryl methyl sites for hydroxylation is 1. The van der Waals surface area contributed by atoms with E-state index in [1.54, 1.807) is 11.6 Å². The number of imidazole rings is 1. The number of hydrogen-bond donors (Lipinski definition) is 0. The smallest absolute Gasteiger partial charge is 0.143 e. The van der Waals surface area contributed by atoms with Crippen molar-refractivity contribution >= 4 is 11.6 Å². The number of nitrogens with zero attached hydrogens (tertiary/aromatic N) is 2. The van der Waals surface area contributed by atoms with Crippen molar-refractivity contribution in [3.63, 3.8) is 0 Å². The molecule has 1 aromatic carbocycles. The minimum atomic E-state index is -0.437. The molecule has 1 aromatic heterocycles. The lowest BCUT2D eigenvalue weighted by Crippen LogP contribution is -1.96. The van der Waals surface area contributed by atoms with Crippen LogP contribution in [-0.2, 0) is 7.05 Å². The van der Waals surface area contributed by atoms with Crippen LogP contribution < -0.4 is 4.74 Å². The molecule has 0 saturated carbocycles. The Morgan fingerprint density at radius 1 is 1.50 bits per heavy atom. The molecular weight excluding hydrogens is 231 g/mol. The second-order valence-corrected chi connectivity index (χ2v) is 3.64. The van der Waals surface area contributed by atoms with E-state index in [0.717, 1.165) is 0 Å². The third-order valence-corrected chi connectivity index (χ3v) is 2.53. The average molecular weight is 240 g/mol. The van der Waals surface area contributed by atoms with Gasteiger partial charge in [0, 0.05) is 7.05 Å². The molecule has 1 heterocycles. The standard InChI is InChI=1S/C11H9ClFN2O/c1-15-4-3-14-11(15)7-5-10(16-2)8(12)6-9(7)13/h3,5-6H,1-2H3. The summed E-state index contributed by atoms with van der Waals surface area (Å²) in [5, 5.41) is 0.238.